The number of benzene rings is 1. The number of hydrogen-bond donors (Lipinski definition) is 1. The Morgan fingerprint density at radius 2 is 2.20 bits per heavy atom. The molecular weight excluding hydrogens is 325 g/mol. The number of anilines is 1. The van der Waals surface area contributed by atoms with E-state index < -0.39 is 0 Å². The van der Waals surface area contributed by atoms with Gasteiger partial charge < -0.3 is 14.6 Å². The van der Waals surface area contributed by atoms with Crippen molar-refractivity contribution in [3.8, 4) is 0 Å². The maximum absolute atomic E-state index is 13.5. The molecule has 128 valence electrons. The number of halogens is 1. The van der Waals surface area contributed by atoms with E-state index in [0.29, 0.717) is 30.9 Å². The first kappa shape index (κ1) is 14.4. The number of amides is 1. The molecule has 2 aromatic heterocycles. The van der Waals surface area contributed by atoms with Crippen molar-refractivity contribution in [1.82, 2.24) is 19.9 Å². The van der Waals surface area contributed by atoms with Crippen LogP contribution in [0.3, 0.4) is 0 Å². The van der Waals surface area contributed by atoms with Gasteiger partial charge in [0.25, 0.3) is 0 Å². The predicted molar refractivity (Wildman–Crippen MR) is 90.0 cm³/mol. The van der Waals surface area contributed by atoms with Gasteiger partial charge in [-0.25, -0.2) is 19.2 Å². The van der Waals surface area contributed by atoms with Gasteiger partial charge in [-0.05, 0) is 24.6 Å². The van der Waals surface area contributed by atoms with Crippen molar-refractivity contribution in [3.05, 3.63) is 30.3 Å². The first-order valence-corrected chi connectivity index (χ1v) is 8.31. The summed E-state index contributed by atoms with van der Waals surface area (Å²) in [5.74, 6) is 0.528. The van der Waals surface area contributed by atoms with Gasteiger partial charge in [-0.15, -0.1) is 0 Å². The molecule has 1 atom stereocenters. The second kappa shape index (κ2) is 5.30. The Kier molecular flexibility index (Phi) is 3.06. The van der Waals surface area contributed by atoms with Crippen molar-refractivity contribution < 1.29 is 13.9 Å². The highest BCUT2D eigenvalue weighted by atomic mass is 19.1. The van der Waals surface area contributed by atoms with E-state index in [1.54, 1.807) is 11.0 Å². The lowest BCUT2D eigenvalue weighted by Gasteiger charge is -2.22. The molecule has 2 aliphatic rings. The van der Waals surface area contributed by atoms with Crippen LogP contribution in [-0.2, 0) is 4.74 Å². The molecule has 0 radical (unpaired) electrons. The summed E-state index contributed by atoms with van der Waals surface area (Å²) in [6, 6.07) is 4.79. The Hall–Kier alpha value is -2.90. The van der Waals surface area contributed by atoms with Gasteiger partial charge in [0.05, 0.1) is 23.5 Å². The van der Waals surface area contributed by atoms with Crippen LogP contribution in [0.4, 0.5) is 15.0 Å². The molecule has 7 nitrogen and oxygen atoms in total. The zero-order valence-corrected chi connectivity index (χ0v) is 13.4. The summed E-state index contributed by atoms with van der Waals surface area (Å²) in [6.45, 7) is 2.60. The van der Waals surface area contributed by atoms with Crippen LogP contribution in [0.2, 0.25) is 0 Å². The third kappa shape index (κ3) is 2.20. The lowest BCUT2D eigenvalue weighted by Crippen LogP contribution is -2.38. The van der Waals surface area contributed by atoms with Gasteiger partial charge >= 0.3 is 6.09 Å². The molecule has 0 saturated carbocycles. The number of rotatable bonds is 2. The van der Waals surface area contributed by atoms with Gasteiger partial charge in [0.15, 0.2) is 0 Å². The summed E-state index contributed by atoms with van der Waals surface area (Å²) in [6.07, 6.45) is 2.15. The van der Waals surface area contributed by atoms with Crippen LogP contribution in [0.5, 0.6) is 0 Å². The summed E-state index contributed by atoms with van der Waals surface area (Å²) in [5.41, 5.74) is 1.39. The molecule has 0 unspecified atom stereocenters. The van der Waals surface area contributed by atoms with E-state index >= 15 is 0 Å². The first-order chi connectivity index (χ1) is 12.2. The van der Waals surface area contributed by atoms with Gasteiger partial charge in [0, 0.05) is 18.5 Å². The molecule has 0 aliphatic carbocycles. The maximum atomic E-state index is 13.5. The highest BCUT2D eigenvalue weighted by molar-refractivity contribution is 6.11. The van der Waals surface area contributed by atoms with Crippen LogP contribution in [0.1, 0.15) is 6.42 Å². The Balaban J connectivity index is 1.55. The molecule has 2 fully saturated rings. The Bertz CT molecular complexity index is 988. The Morgan fingerprint density at radius 1 is 1.28 bits per heavy atom. The van der Waals surface area contributed by atoms with Gasteiger partial charge in [0.1, 0.15) is 30.2 Å². The van der Waals surface area contributed by atoms with E-state index in [1.807, 2.05) is 0 Å². The lowest BCUT2D eigenvalue weighted by atomic mass is 10.2. The average molecular weight is 341 g/mol. The summed E-state index contributed by atoms with van der Waals surface area (Å²) in [7, 11) is 0. The molecular formula is C17H16FN5O2. The molecule has 1 aromatic carbocycles. The van der Waals surface area contributed by atoms with Crippen molar-refractivity contribution in [2.45, 2.75) is 12.5 Å². The maximum Gasteiger partial charge on any atom is 0.410 e. The minimum Gasteiger partial charge on any atom is -0.448 e. The second-order valence-electron chi connectivity index (χ2n) is 6.43. The highest BCUT2D eigenvalue weighted by Crippen LogP contribution is 2.33. The molecule has 5 rings (SSSR count). The van der Waals surface area contributed by atoms with Crippen molar-refractivity contribution in [1.29, 1.82) is 0 Å². The SMILES string of the molecule is O=C1OCCN1[C@H]1CCN(c2ncnc3[nH]c4cc(F)ccc4c23)C1. The fourth-order valence-electron chi connectivity index (χ4n) is 3.85. The largest absolute Gasteiger partial charge is 0.448 e. The van der Waals surface area contributed by atoms with Crippen LogP contribution in [-0.4, -0.2) is 58.2 Å². The molecule has 25 heavy (non-hydrogen) atoms. The Labute approximate surface area is 142 Å². The number of nitrogens with one attached hydrogen (secondary N) is 1. The molecule has 2 saturated heterocycles. The van der Waals surface area contributed by atoms with E-state index in [9.17, 15) is 9.18 Å². The zero-order valence-electron chi connectivity index (χ0n) is 13.4. The zero-order chi connectivity index (χ0) is 17.0. The summed E-state index contributed by atoms with van der Waals surface area (Å²) >= 11 is 0. The third-order valence-corrected chi connectivity index (χ3v) is 5.03. The number of carbonyl (C=O) groups is 1. The van der Waals surface area contributed by atoms with Crippen molar-refractivity contribution in [3.63, 3.8) is 0 Å². The molecule has 3 aromatic rings. The fraction of sp³-hybridized carbons (Fsp3) is 0.353. The molecule has 8 heteroatoms. The summed E-state index contributed by atoms with van der Waals surface area (Å²) in [5, 5.41) is 1.79. The van der Waals surface area contributed by atoms with Gasteiger partial charge in [0.2, 0.25) is 0 Å². The van der Waals surface area contributed by atoms with Crippen LogP contribution in [0.25, 0.3) is 21.9 Å². The van der Waals surface area contributed by atoms with Crippen LogP contribution in [0.15, 0.2) is 24.5 Å². The number of carbonyl (C=O) groups excluding carboxylic acids is 1. The lowest BCUT2D eigenvalue weighted by molar-refractivity contribution is 0.150. The number of fused-ring (bicyclic) bond motifs is 3. The minimum absolute atomic E-state index is 0.127. The molecule has 2 aliphatic heterocycles. The average Bonchev–Trinajstić information content (AvgIpc) is 3.31. The number of cyclic esters (lactones) is 1. The molecule has 1 amide bonds. The molecule has 4 heterocycles. The van der Waals surface area contributed by atoms with Crippen LogP contribution in [0, 0.1) is 5.82 Å². The number of nitrogens with zero attached hydrogens (tertiary/aromatic N) is 4. The van der Waals surface area contributed by atoms with E-state index in [4.69, 9.17) is 4.74 Å². The van der Waals surface area contributed by atoms with Crippen LogP contribution >= 0.6 is 0 Å². The Morgan fingerprint density at radius 3 is 3.04 bits per heavy atom. The standard InChI is InChI=1S/C17H16FN5O2/c18-10-1-2-12-13(7-10)21-15-14(12)16(20-9-19-15)22-4-3-11(8-22)23-5-6-25-17(23)24/h1-2,7,9,11H,3-6,8H2,(H,19,20,21)/t11-/m0/s1. The van der Waals surface area contributed by atoms with Gasteiger partial charge in [-0.2, -0.15) is 0 Å². The fourth-order valence-corrected chi connectivity index (χ4v) is 3.85. The predicted octanol–water partition coefficient (Wildman–Crippen LogP) is 2.28. The van der Waals surface area contributed by atoms with E-state index in [2.05, 4.69) is 19.9 Å². The number of aromatic amines is 1. The van der Waals surface area contributed by atoms with Gasteiger partial charge in [-0.3, -0.25) is 4.90 Å². The normalized spacial score (nSPS) is 20.8. The third-order valence-electron chi connectivity index (χ3n) is 5.03. The minimum atomic E-state index is -0.289. The molecule has 0 bridgehead atoms. The first-order valence-electron chi connectivity index (χ1n) is 8.31. The molecule has 1 N–H and O–H groups in total. The number of H-pyrrole nitrogens is 1. The van der Waals surface area contributed by atoms with Gasteiger partial charge in [-0.1, -0.05) is 0 Å². The summed E-state index contributed by atoms with van der Waals surface area (Å²) < 4.78 is 18.6. The number of hydrogen-bond acceptors (Lipinski definition) is 5. The topological polar surface area (TPSA) is 74.3 Å². The quantitative estimate of drug-likeness (QED) is 0.774. The number of aromatic nitrogens is 3. The van der Waals surface area contributed by atoms with Crippen molar-refractivity contribution in [2.24, 2.45) is 0 Å². The van der Waals surface area contributed by atoms with Crippen molar-refractivity contribution in [2.75, 3.05) is 31.1 Å². The van der Waals surface area contributed by atoms with E-state index in [-0.39, 0.29) is 18.0 Å². The van der Waals surface area contributed by atoms with Crippen molar-refractivity contribution >= 4 is 33.8 Å². The van der Waals surface area contributed by atoms with Crippen LogP contribution < -0.4 is 4.90 Å². The monoisotopic (exact) mass is 341 g/mol. The van der Waals surface area contributed by atoms with E-state index in [0.717, 1.165) is 29.6 Å². The molecule has 0 spiro atoms. The number of ether oxygens (including phenoxy) is 1. The van der Waals surface area contributed by atoms with E-state index in [1.165, 1.54) is 18.5 Å². The smallest absolute Gasteiger partial charge is 0.410 e. The second-order valence-corrected chi connectivity index (χ2v) is 6.43. The summed E-state index contributed by atoms with van der Waals surface area (Å²) in [4.78, 5) is 27.7. The highest BCUT2D eigenvalue weighted by Gasteiger charge is 2.35.